The lowest BCUT2D eigenvalue weighted by Gasteiger charge is -2.31. The van der Waals surface area contributed by atoms with Crippen LogP contribution in [0.25, 0.3) is 0 Å². The Morgan fingerprint density at radius 1 is 1.15 bits per heavy atom. The molecule has 0 aliphatic heterocycles. The van der Waals surface area contributed by atoms with Gasteiger partial charge >= 0.3 is 0 Å². The Balaban J connectivity index is 3.04. The zero-order valence-electron chi connectivity index (χ0n) is 13.4. The number of rotatable bonds is 5. The van der Waals surface area contributed by atoms with Crippen LogP contribution >= 0.6 is 0 Å². The average molecular weight is 291 g/mol. The van der Waals surface area contributed by atoms with E-state index in [0.29, 0.717) is 12.2 Å². The van der Waals surface area contributed by atoms with Gasteiger partial charge in [0.1, 0.15) is 0 Å². The Kier molecular flexibility index (Phi) is 5.52. The SMILES string of the molecule is COCc1cc(C#N)cc(C(C)(C)O[SiH2]C(C)(C)C)c1. The summed E-state index contributed by atoms with van der Waals surface area (Å²) in [6, 6.07) is 8.06. The van der Waals surface area contributed by atoms with Crippen LogP contribution in [-0.2, 0) is 21.4 Å². The molecule has 110 valence electrons. The molecule has 0 aromatic heterocycles. The third-order valence-electron chi connectivity index (χ3n) is 2.99. The normalized spacial score (nSPS) is 12.8. The zero-order valence-corrected chi connectivity index (χ0v) is 14.8. The second-order valence-electron chi connectivity index (χ2n) is 6.82. The number of benzene rings is 1. The van der Waals surface area contributed by atoms with Crippen molar-refractivity contribution >= 4 is 9.76 Å². The van der Waals surface area contributed by atoms with Gasteiger partial charge in [0.15, 0.2) is 9.76 Å². The van der Waals surface area contributed by atoms with E-state index in [-0.39, 0.29) is 10.6 Å². The minimum absolute atomic E-state index is 0.249. The van der Waals surface area contributed by atoms with Gasteiger partial charge in [-0.25, -0.2) is 0 Å². The first-order valence-corrected chi connectivity index (χ1v) is 8.14. The van der Waals surface area contributed by atoms with Gasteiger partial charge in [-0.1, -0.05) is 26.8 Å². The minimum atomic E-state index is -0.655. The van der Waals surface area contributed by atoms with E-state index in [1.807, 2.05) is 12.1 Å². The van der Waals surface area contributed by atoms with Crippen LogP contribution in [0, 0.1) is 11.3 Å². The first kappa shape index (κ1) is 16.9. The summed E-state index contributed by atoms with van der Waals surface area (Å²) in [4.78, 5) is 0. The summed E-state index contributed by atoms with van der Waals surface area (Å²) in [6.45, 7) is 11.3. The first-order chi connectivity index (χ1) is 9.18. The summed E-state index contributed by atoms with van der Waals surface area (Å²) in [7, 11) is 1.00. The molecule has 0 heterocycles. The zero-order chi connectivity index (χ0) is 15.4. The number of nitriles is 1. The molecule has 1 aromatic rings. The Morgan fingerprint density at radius 3 is 2.30 bits per heavy atom. The summed E-state index contributed by atoms with van der Waals surface area (Å²) >= 11 is 0. The molecule has 0 fully saturated rings. The third kappa shape index (κ3) is 5.08. The maximum Gasteiger partial charge on any atom is 0.168 e. The van der Waals surface area contributed by atoms with Gasteiger partial charge in [-0.05, 0) is 42.1 Å². The van der Waals surface area contributed by atoms with Gasteiger partial charge in [0.2, 0.25) is 0 Å². The predicted octanol–water partition coefficient (Wildman–Crippen LogP) is 3.26. The Labute approximate surface area is 124 Å². The number of methoxy groups -OCH3 is 1. The van der Waals surface area contributed by atoms with Crippen LogP contribution in [0.1, 0.15) is 51.3 Å². The van der Waals surface area contributed by atoms with E-state index in [9.17, 15) is 0 Å². The van der Waals surface area contributed by atoms with Crippen molar-refractivity contribution < 1.29 is 9.16 Å². The molecule has 0 spiro atoms. The summed E-state index contributed by atoms with van der Waals surface area (Å²) in [5.41, 5.74) is 2.34. The van der Waals surface area contributed by atoms with Crippen molar-refractivity contribution in [3.63, 3.8) is 0 Å². The highest BCUT2D eigenvalue weighted by Crippen LogP contribution is 2.30. The quantitative estimate of drug-likeness (QED) is 0.782. The predicted molar refractivity (Wildman–Crippen MR) is 84.2 cm³/mol. The van der Waals surface area contributed by atoms with E-state index in [1.54, 1.807) is 7.11 Å². The molecule has 0 unspecified atom stereocenters. The monoisotopic (exact) mass is 291 g/mol. The Hall–Kier alpha value is -1.15. The number of ether oxygens (including phenoxy) is 1. The largest absolute Gasteiger partial charge is 0.415 e. The van der Waals surface area contributed by atoms with Crippen molar-refractivity contribution in [2.24, 2.45) is 0 Å². The highest BCUT2D eigenvalue weighted by Gasteiger charge is 2.25. The maximum atomic E-state index is 9.16. The van der Waals surface area contributed by atoms with Crippen molar-refractivity contribution in [3.8, 4) is 6.07 Å². The molecule has 1 rings (SSSR count). The van der Waals surface area contributed by atoms with Crippen LogP contribution < -0.4 is 0 Å². The van der Waals surface area contributed by atoms with Crippen LogP contribution in [0.2, 0.25) is 5.04 Å². The minimum Gasteiger partial charge on any atom is -0.415 e. The molecule has 1 aromatic carbocycles. The number of hydrogen-bond acceptors (Lipinski definition) is 3. The van der Waals surface area contributed by atoms with Crippen LogP contribution in [0.15, 0.2) is 18.2 Å². The van der Waals surface area contributed by atoms with Gasteiger partial charge < -0.3 is 9.16 Å². The number of nitrogens with zero attached hydrogens (tertiary/aromatic N) is 1. The van der Waals surface area contributed by atoms with Gasteiger partial charge in [-0.2, -0.15) is 5.26 Å². The molecule has 0 radical (unpaired) electrons. The Bertz CT molecular complexity index is 498. The van der Waals surface area contributed by atoms with Crippen LogP contribution in [0.5, 0.6) is 0 Å². The van der Waals surface area contributed by atoms with Gasteiger partial charge in [-0.15, -0.1) is 0 Å². The third-order valence-corrected chi connectivity index (χ3v) is 4.73. The fraction of sp³-hybridized carbons (Fsp3) is 0.562. The second-order valence-corrected chi connectivity index (χ2v) is 9.52. The van der Waals surface area contributed by atoms with Crippen molar-refractivity contribution in [3.05, 3.63) is 34.9 Å². The van der Waals surface area contributed by atoms with Crippen molar-refractivity contribution in [1.29, 1.82) is 5.26 Å². The molecule has 0 amide bonds. The second kappa shape index (κ2) is 6.53. The molecule has 0 bridgehead atoms. The topological polar surface area (TPSA) is 42.2 Å². The van der Waals surface area contributed by atoms with Gasteiger partial charge in [0, 0.05) is 7.11 Å². The van der Waals surface area contributed by atoms with Gasteiger partial charge in [0.25, 0.3) is 0 Å². The molecule has 0 atom stereocenters. The summed E-state index contributed by atoms with van der Waals surface area (Å²) in [6.07, 6.45) is 0. The van der Waals surface area contributed by atoms with Crippen molar-refractivity contribution in [2.45, 2.75) is 51.9 Å². The molecule has 4 heteroatoms. The van der Waals surface area contributed by atoms with E-state index in [2.05, 4.69) is 46.8 Å². The van der Waals surface area contributed by atoms with Gasteiger partial charge in [0.05, 0.1) is 23.8 Å². The fourth-order valence-corrected chi connectivity index (χ4v) is 2.79. The van der Waals surface area contributed by atoms with Crippen LogP contribution in [0.4, 0.5) is 0 Å². The van der Waals surface area contributed by atoms with Crippen molar-refractivity contribution in [1.82, 2.24) is 0 Å². The lowest BCUT2D eigenvalue weighted by Crippen LogP contribution is -2.27. The maximum absolute atomic E-state index is 9.16. The summed E-state index contributed by atoms with van der Waals surface area (Å²) in [5.74, 6) is 0. The summed E-state index contributed by atoms with van der Waals surface area (Å²) in [5, 5.41) is 9.41. The molecular weight excluding hydrogens is 266 g/mol. The first-order valence-electron chi connectivity index (χ1n) is 6.85. The Morgan fingerprint density at radius 2 is 1.80 bits per heavy atom. The fourth-order valence-electron chi connectivity index (χ4n) is 1.83. The number of hydrogen-bond donors (Lipinski definition) is 0. The lowest BCUT2D eigenvalue weighted by atomic mass is 9.94. The molecule has 0 aliphatic rings. The highest BCUT2D eigenvalue weighted by molar-refractivity contribution is 6.31. The van der Waals surface area contributed by atoms with Gasteiger partial charge in [-0.3, -0.25) is 0 Å². The molecule has 20 heavy (non-hydrogen) atoms. The highest BCUT2D eigenvalue weighted by atomic mass is 28.2. The molecule has 3 nitrogen and oxygen atoms in total. The van der Waals surface area contributed by atoms with E-state index in [1.165, 1.54) is 0 Å². The van der Waals surface area contributed by atoms with Crippen LogP contribution in [0.3, 0.4) is 0 Å². The van der Waals surface area contributed by atoms with E-state index in [0.717, 1.165) is 11.1 Å². The standard InChI is InChI=1S/C16H25NO2Si/c1-15(2,3)20-19-16(4,5)14-8-12(10-17)7-13(9-14)11-18-6/h7-9H,11,20H2,1-6H3. The molecule has 0 aliphatic carbocycles. The van der Waals surface area contributed by atoms with E-state index >= 15 is 0 Å². The van der Waals surface area contributed by atoms with Crippen LogP contribution in [-0.4, -0.2) is 16.9 Å². The summed E-state index contributed by atoms with van der Waals surface area (Å²) < 4.78 is 11.4. The molecule has 0 saturated heterocycles. The molecule has 0 saturated carbocycles. The lowest BCUT2D eigenvalue weighted by molar-refractivity contribution is 0.109. The van der Waals surface area contributed by atoms with E-state index < -0.39 is 9.76 Å². The van der Waals surface area contributed by atoms with E-state index in [4.69, 9.17) is 14.4 Å². The molecular formula is C16H25NO2Si. The molecule has 0 N–H and O–H groups in total. The van der Waals surface area contributed by atoms with Crippen molar-refractivity contribution in [2.75, 3.05) is 7.11 Å². The average Bonchev–Trinajstić information content (AvgIpc) is 2.36. The smallest absolute Gasteiger partial charge is 0.168 e.